The smallest absolute Gasteiger partial charge is 0.174 e. The average Bonchev–Trinajstić information content (AvgIpc) is 3.35. The second-order valence-electron chi connectivity index (χ2n) is 8.82. The lowest BCUT2D eigenvalue weighted by Gasteiger charge is -2.28. The third-order valence-electron chi connectivity index (χ3n) is 6.70. The zero-order valence-corrected chi connectivity index (χ0v) is 20.8. The van der Waals surface area contributed by atoms with Crippen LogP contribution in [0.4, 0.5) is 5.69 Å². The van der Waals surface area contributed by atoms with Crippen molar-refractivity contribution in [3.05, 3.63) is 107 Å². The van der Waals surface area contributed by atoms with E-state index in [0.717, 1.165) is 40.6 Å². The highest BCUT2D eigenvalue weighted by atomic mass is 32.1. The third-order valence-corrected chi connectivity index (χ3v) is 7.02. The molecule has 4 aromatic rings. The Morgan fingerprint density at radius 1 is 0.941 bits per heavy atom. The Kier molecular flexibility index (Phi) is 5.92. The number of nitrogens with one attached hydrogen (secondary N) is 1. The summed E-state index contributed by atoms with van der Waals surface area (Å²) in [5.74, 6) is 0.963. The van der Waals surface area contributed by atoms with E-state index in [1.54, 1.807) is 0 Å². The second kappa shape index (κ2) is 9.03. The van der Waals surface area contributed by atoms with E-state index in [-0.39, 0.29) is 12.1 Å². The number of hydrogen-bond donors (Lipinski definition) is 1. The summed E-state index contributed by atoms with van der Waals surface area (Å²) >= 11 is 5.90. The predicted molar refractivity (Wildman–Crippen MR) is 142 cm³/mol. The fourth-order valence-electron chi connectivity index (χ4n) is 4.97. The van der Waals surface area contributed by atoms with E-state index in [9.17, 15) is 0 Å². The number of nitrogens with zero attached hydrogens (tertiary/aromatic N) is 4. The minimum atomic E-state index is -0.0710. The molecule has 5 rings (SSSR count). The van der Waals surface area contributed by atoms with Crippen LogP contribution in [0.3, 0.4) is 0 Å². The van der Waals surface area contributed by atoms with E-state index in [1.165, 1.54) is 11.1 Å². The van der Waals surface area contributed by atoms with Crippen molar-refractivity contribution in [2.24, 2.45) is 0 Å². The molecule has 0 saturated carbocycles. The molecule has 1 fully saturated rings. The SMILES string of the molecule is CCc1ccc(N2C(=S)NC(c3ccccn3)C2c2cc(C)n(-c3ncccc3C)c2C)cc1. The van der Waals surface area contributed by atoms with Gasteiger partial charge in [-0.25, -0.2) is 4.98 Å². The van der Waals surface area contributed by atoms with Gasteiger partial charge in [0, 0.05) is 29.5 Å². The quantitative estimate of drug-likeness (QED) is 0.369. The van der Waals surface area contributed by atoms with E-state index in [4.69, 9.17) is 17.2 Å². The second-order valence-corrected chi connectivity index (χ2v) is 9.21. The molecule has 2 unspecified atom stereocenters. The molecular weight excluding hydrogens is 438 g/mol. The van der Waals surface area contributed by atoms with Crippen molar-refractivity contribution < 1.29 is 0 Å². The largest absolute Gasteiger partial charge is 0.351 e. The molecule has 34 heavy (non-hydrogen) atoms. The maximum Gasteiger partial charge on any atom is 0.174 e. The van der Waals surface area contributed by atoms with Crippen molar-refractivity contribution >= 4 is 23.0 Å². The Morgan fingerprint density at radius 2 is 1.71 bits per heavy atom. The summed E-state index contributed by atoms with van der Waals surface area (Å²) in [5, 5.41) is 4.28. The Balaban J connectivity index is 1.68. The fourth-order valence-corrected chi connectivity index (χ4v) is 5.31. The monoisotopic (exact) mass is 467 g/mol. The normalized spacial score (nSPS) is 17.8. The summed E-state index contributed by atoms with van der Waals surface area (Å²) < 4.78 is 2.25. The molecule has 1 aliphatic heterocycles. The van der Waals surface area contributed by atoms with Gasteiger partial charge < -0.3 is 14.8 Å². The molecule has 6 heteroatoms. The van der Waals surface area contributed by atoms with E-state index in [2.05, 4.69) is 89.9 Å². The zero-order valence-electron chi connectivity index (χ0n) is 20.0. The first-order valence-electron chi connectivity index (χ1n) is 11.7. The molecule has 1 aliphatic rings. The molecule has 2 atom stereocenters. The molecule has 0 radical (unpaired) electrons. The first kappa shape index (κ1) is 22.3. The molecule has 4 heterocycles. The number of anilines is 1. The highest BCUT2D eigenvalue weighted by Gasteiger charge is 2.42. The van der Waals surface area contributed by atoms with Crippen LogP contribution in [0.5, 0.6) is 0 Å². The summed E-state index contributed by atoms with van der Waals surface area (Å²) in [4.78, 5) is 11.6. The predicted octanol–water partition coefficient (Wildman–Crippen LogP) is 5.93. The van der Waals surface area contributed by atoms with Crippen molar-refractivity contribution in [3.8, 4) is 5.82 Å². The van der Waals surface area contributed by atoms with Crippen LogP contribution in [0.25, 0.3) is 5.82 Å². The molecule has 0 spiro atoms. The van der Waals surface area contributed by atoms with Crippen LogP contribution < -0.4 is 10.2 Å². The van der Waals surface area contributed by atoms with E-state index in [1.807, 2.05) is 30.6 Å². The van der Waals surface area contributed by atoms with Gasteiger partial charge in [0.05, 0.1) is 17.8 Å². The van der Waals surface area contributed by atoms with E-state index < -0.39 is 0 Å². The number of rotatable bonds is 5. The van der Waals surface area contributed by atoms with Crippen molar-refractivity contribution in [3.63, 3.8) is 0 Å². The Labute approximate surface area is 206 Å². The standard InChI is InChI=1S/C28H29N5S/c1-5-21-11-13-22(14-12-21)33-26(25(31-28(33)34)24-10-6-7-15-29-24)23-17-19(3)32(20(23)4)27-18(2)9-8-16-30-27/h6-17,25-26H,5H2,1-4H3,(H,31,34). The van der Waals surface area contributed by atoms with Gasteiger partial charge in [-0.15, -0.1) is 0 Å². The van der Waals surface area contributed by atoms with Crippen LogP contribution in [0.15, 0.2) is 73.1 Å². The number of aryl methyl sites for hydroxylation is 3. The van der Waals surface area contributed by atoms with Gasteiger partial charge in [0.25, 0.3) is 0 Å². The maximum absolute atomic E-state index is 5.90. The first-order chi connectivity index (χ1) is 16.5. The third kappa shape index (κ3) is 3.78. The lowest BCUT2D eigenvalue weighted by molar-refractivity contribution is 0.565. The first-order valence-corrected chi connectivity index (χ1v) is 12.1. The van der Waals surface area contributed by atoms with Gasteiger partial charge in [-0.2, -0.15) is 0 Å². The molecule has 1 N–H and O–H groups in total. The molecule has 0 bridgehead atoms. The van der Waals surface area contributed by atoms with Gasteiger partial charge in [-0.05, 0) is 92.5 Å². The highest BCUT2D eigenvalue weighted by Crippen LogP contribution is 2.43. The summed E-state index contributed by atoms with van der Waals surface area (Å²) in [7, 11) is 0. The van der Waals surface area contributed by atoms with Crippen LogP contribution >= 0.6 is 12.2 Å². The van der Waals surface area contributed by atoms with Gasteiger partial charge in [0.2, 0.25) is 0 Å². The zero-order chi connectivity index (χ0) is 23.8. The summed E-state index contributed by atoms with van der Waals surface area (Å²) in [6, 6.07) is 21.0. The van der Waals surface area contributed by atoms with Gasteiger partial charge in [-0.1, -0.05) is 31.2 Å². The summed E-state index contributed by atoms with van der Waals surface area (Å²) in [6.07, 6.45) is 4.70. The van der Waals surface area contributed by atoms with Crippen LogP contribution in [-0.2, 0) is 6.42 Å². The molecule has 1 saturated heterocycles. The van der Waals surface area contributed by atoms with Gasteiger partial charge in [0.1, 0.15) is 5.82 Å². The molecule has 172 valence electrons. The minimum Gasteiger partial charge on any atom is -0.351 e. The van der Waals surface area contributed by atoms with Gasteiger partial charge in [-0.3, -0.25) is 4.98 Å². The van der Waals surface area contributed by atoms with Crippen LogP contribution in [0, 0.1) is 20.8 Å². The molecule has 0 amide bonds. The topological polar surface area (TPSA) is 46.0 Å². The molecule has 5 nitrogen and oxygen atoms in total. The van der Waals surface area contributed by atoms with Crippen molar-refractivity contribution in [1.82, 2.24) is 19.9 Å². The summed E-state index contributed by atoms with van der Waals surface area (Å²) in [5.41, 5.74) is 8.02. The Bertz CT molecular complexity index is 1330. The van der Waals surface area contributed by atoms with Crippen molar-refractivity contribution in [2.45, 2.75) is 46.2 Å². The fraction of sp³-hybridized carbons (Fsp3) is 0.250. The van der Waals surface area contributed by atoms with Crippen LogP contribution in [0.2, 0.25) is 0 Å². The van der Waals surface area contributed by atoms with Crippen molar-refractivity contribution in [2.75, 3.05) is 4.90 Å². The van der Waals surface area contributed by atoms with Crippen molar-refractivity contribution in [1.29, 1.82) is 0 Å². The number of hydrogen-bond acceptors (Lipinski definition) is 3. The lowest BCUT2D eigenvalue weighted by Crippen LogP contribution is -2.29. The minimum absolute atomic E-state index is 0.0427. The van der Waals surface area contributed by atoms with Gasteiger partial charge in [0.15, 0.2) is 5.11 Å². The Hall–Kier alpha value is -3.51. The van der Waals surface area contributed by atoms with E-state index in [0.29, 0.717) is 5.11 Å². The highest BCUT2D eigenvalue weighted by molar-refractivity contribution is 7.80. The maximum atomic E-state index is 5.90. The molecule has 1 aromatic carbocycles. The number of pyridine rings is 2. The number of aromatic nitrogens is 3. The average molecular weight is 468 g/mol. The van der Waals surface area contributed by atoms with E-state index >= 15 is 0 Å². The lowest BCUT2D eigenvalue weighted by atomic mass is 9.96. The molecular formula is C28H29N5S. The van der Waals surface area contributed by atoms with Gasteiger partial charge >= 0.3 is 0 Å². The van der Waals surface area contributed by atoms with Crippen LogP contribution in [-0.4, -0.2) is 19.6 Å². The number of thiocarbonyl (C=S) groups is 1. The Morgan fingerprint density at radius 3 is 2.38 bits per heavy atom. The molecule has 3 aromatic heterocycles. The molecule has 0 aliphatic carbocycles. The summed E-state index contributed by atoms with van der Waals surface area (Å²) in [6.45, 7) is 8.59. The van der Waals surface area contributed by atoms with Crippen LogP contribution in [0.1, 0.15) is 52.8 Å². The number of benzene rings is 1.